The Hall–Kier alpha value is 1.96. The van der Waals surface area contributed by atoms with Crippen molar-refractivity contribution in [3.8, 4) is 0 Å². The van der Waals surface area contributed by atoms with E-state index in [0.717, 1.165) is 23.2 Å². The molecule has 1 fully saturated rings. The van der Waals surface area contributed by atoms with Crippen molar-refractivity contribution in [1.29, 1.82) is 0 Å². The summed E-state index contributed by atoms with van der Waals surface area (Å²) in [5, 5.41) is 0. The molecule has 0 aliphatic heterocycles. The van der Waals surface area contributed by atoms with Crippen LogP contribution in [0.2, 0.25) is 0 Å². The molecule has 0 nitrogen and oxygen atoms in total. The molecular formula is C13H26P2Y-2. The zero-order chi connectivity index (χ0) is 11.6. The van der Waals surface area contributed by atoms with Crippen LogP contribution < -0.4 is 0 Å². The molecule has 0 aromatic carbocycles. The molecule has 3 heteroatoms. The zero-order valence-corrected chi connectivity index (χ0v) is 16.3. The van der Waals surface area contributed by atoms with E-state index < -0.39 is 0 Å². The second-order valence-electron chi connectivity index (χ2n) is 5.27. The van der Waals surface area contributed by atoms with Crippen molar-refractivity contribution < 1.29 is 32.7 Å². The van der Waals surface area contributed by atoms with Gasteiger partial charge in [-0.25, -0.2) is 0 Å². The van der Waals surface area contributed by atoms with Gasteiger partial charge >= 0.3 is 0 Å². The fourth-order valence-corrected chi connectivity index (χ4v) is 4.45. The fraction of sp³-hybridized carbons (Fsp3) is 0.846. The van der Waals surface area contributed by atoms with Crippen molar-refractivity contribution in [1.82, 2.24) is 0 Å². The van der Waals surface area contributed by atoms with Gasteiger partial charge in [0.15, 0.2) is 0 Å². The van der Waals surface area contributed by atoms with Crippen LogP contribution in [0.1, 0.15) is 20.3 Å². The smallest absolute Gasteiger partial charge is 0 e. The molecule has 0 heterocycles. The number of hydrogen-bond donors (Lipinski definition) is 0. The predicted molar refractivity (Wildman–Crippen MR) is 76.7 cm³/mol. The summed E-state index contributed by atoms with van der Waals surface area (Å²) in [5.41, 5.74) is 1.81. The molecule has 0 amide bonds. The summed E-state index contributed by atoms with van der Waals surface area (Å²) in [6.07, 6.45) is 6.40. The van der Waals surface area contributed by atoms with Crippen LogP contribution in [-0.2, 0) is 32.7 Å². The van der Waals surface area contributed by atoms with E-state index in [1.54, 1.807) is 0 Å². The van der Waals surface area contributed by atoms with Crippen molar-refractivity contribution in [2.24, 2.45) is 11.8 Å². The van der Waals surface area contributed by atoms with Gasteiger partial charge in [0.05, 0.1) is 0 Å². The summed E-state index contributed by atoms with van der Waals surface area (Å²) < 4.78 is 0. The molecule has 1 aliphatic rings. The van der Waals surface area contributed by atoms with E-state index in [1.165, 1.54) is 6.42 Å². The maximum absolute atomic E-state index is 2.58. The Balaban J connectivity index is 0.00000225. The van der Waals surface area contributed by atoms with Gasteiger partial charge in [-0.2, -0.15) is 11.8 Å². The van der Waals surface area contributed by atoms with Gasteiger partial charge in [0, 0.05) is 32.7 Å². The molecule has 16 heavy (non-hydrogen) atoms. The molecule has 1 saturated carbocycles. The summed E-state index contributed by atoms with van der Waals surface area (Å²) >= 11 is 0. The van der Waals surface area contributed by atoms with E-state index in [0.29, 0.717) is 0 Å². The van der Waals surface area contributed by atoms with Gasteiger partial charge in [-0.1, -0.05) is 25.2 Å². The van der Waals surface area contributed by atoms with Gasteiger partial charge in [0.25, 0.3) is 0 Å². The molecule has 1 aliphatic carbocycles. The summed E-state index contributed by atoms with van der Waals surface area (Å²) in [6.45, 7) is 14.6. The van der Waals surface area contributed by atoms with Gasteiger partial charge in [-0.15, -0.1) is 15.8 Å². The predicted octanol–water partition coefficient (Wildman–Crippen LogP) is 4.29. The Morgan fingerprint density at radius 3 is 1.44 bits per heavy atom. The maximum Gasteiger partial charge on any atom is 0 e. The number of rotatable bonds is 4. The van der Waals surface area contributed by atoms with E-state index >= 15 is 0 Å². The van der Waals surface area contributed by atoms with Crippen LogP contribution >= 0.6 is 15.8 Å². The first-order valence-corrected chi connectivity index (χ1v) is 10.6. The average molecular weight is 333 g/mol. The molecule has 0 aromatic heterocycles. The Kier molecular flexibility index (Phi) is 9.20. The molecule has 0 saturated heterocycles. The van der Waals surface area contributed by atoms with Crippen LogP contribution in [0, 0.1) is 24.7 Å². The Bertz CT molecular complexity index is 174. The molecule has 0 aromatic rings. The molecule has 4 atom stereocenters. The molecular weight excluding hydrogens is 307 g/mol. The van der Waals surface area contributed by atoms with Crippen molar-refractivity contribution in [3.05, 3.63) is 12.8 Å². The van der Waals surface area contributed by atoms with Crippen LogP contribution in [0.5, 0.6) is 0 Å². The summed E-state index contributed by atoms with van der Waals surface area (Å²) in [6, 6.07) is 0. The van der Waals surface area contributed by atoms with E-state index in [1.807, 2.05) is 0 Å². The molecule has 0 unspecified atom stereocenters. The molecule has 1 radical (unpaired) electrons. The normalized spacial score (nSPS) is 29.2. The van der Waals surface area contributed by atoms with Crippen LogP contribution in [0.4, 0.5) is 0 Å². The molecule has 0 N–H and O–H groups in total. The van der Waals surface area contributed by atoms with Gasteiger partial charge in [0.2, 0.25) is 0 Å². The average Bonchev–Trinajstić information content (AvgIpc) is 2.63. The van der Waals surface area contributed by atoms with Gasteiger partial charge in [-0.05, 0) is 26.7 Å². The second-order valence-corrected chi connectivity index (χ2v) is 10.8. The summed E-state index contributed by atoms with van der Waals surface area (Å²) in [5.74, 6) is 1.73. The van der Waals surface area contributed by atoms with Crippen LogP contribution in [0.15, 0.2) is 0 Å². The van der Waals surface area contributed by atoms with E-state index in [4.69, 9.17) is 0 Å². The monoisotopic (exact) mass is 333 g/mol. The summed E-state index contributed by atoms with van der Waals surface area (Å²) in [7, 11) is 0.425. The Morgan fingerprint density at radius 2 is 1.19 bits per heavy atom. The Morgan fingerprint density at radius 1 is 0.875 bits per heavy atom. The van der Waals surface area contributed by atoms with Gasteiger partial charge < -0.3 is 19.3 Å². The molecule has 0 bridgehead atoms. The van der Waals surface area contributed by atoms with Crippen LogP contribution in [0.25, 0.3) is 0 Å². The molecule has 93 valence electrons. The van der Waals surface area contributed by atoms with E-state index in [-0.39, 0.29) is 48.6 Å². The van der Waals surface area contributed by atoms with Crippen LogP contribution in [-0.4, -0.2) is 38.0 Å². The second kappa shape index (κ2) is 8.20. The first-order valence-electron chi connectivity index (χ1n) is 5.94. The maximum atomic E-state index is 2.58. The quantitative estimate of drug-likeness (QED) is 0.532. The number of hydrogen-bond acceptors (Lipinski definition) is 0. The topological polar surface area (TPSA) is 0 Å². The molecule has 0 spiro atoms. The minimum Gasteiger partial charge on any atom is -0.356 e. The third-order valence-electron chi connectivity index (χ3n) is 4.00. The van der Waals surface area contributed by atoms with Gasteiger partial charge in [0.1, 0.15) is 0 Å². The van der Waals surface area contributed by atoms with Crippen molar-refractivity contribution in [2.45, 2.75) is 31.6 Å². The SMILES string of the molecule is C[C@H]([C@H]1[CH-]C[CH-][C@@H]1[C@@H](C)P(C)C)P(C)C.[Y]. The van der Waals surface area contributed by atoms with E-state index in [9.17, 15) is 0 Å². The fourth-order valence-electron chi connectivity index (χ4n) is 2.43. The standard InChI is InChI=1S/C13H26P2.Y/c1-10(14(3)4)12-8-7-9-13(12)11(2)15(5)6;/h8-13H,7H2,1-6H3;/q-2;/t10-,11-,12-,13-;/m1./s1. The Labute approximate surface area is 130 Å². The minimum absolute atomic E-state index is 0. The van der Waals surface area contributed by atoms with E-state index in [2.05, 4.69) is 53.3 Å². The van der Waals surface area contributed by atoms with Crippen molar-refractivity contribution >= 4 is 15.8 Å². The minimum atomic E-state index is 0. The first-order chi connectivity index (χ1) is 6.95. The molecule has 1 rings (SSSR count). The summed E-state index contributed by atoms with van der Waals surface area (Å²) in [4.78, 5) is 0. The zero-order valence-electron chi connectivity index (χ0n) is 11.6. The third-order valence-corrected chi connectivity index (χ3v) is 7.95. The third kappa shape index (κ3) is 4.57. The van der Waals surface area contributed by atoms with Crippen molar-refractivity contribution in [2.75, 3.05) is 26.7 Å². The largest absolute Gasteiger partial charge is 0.356 e. The van der Waals surface area contributed by atoms with Gasteiger partial charge in [-0.3, -0.25) is 0 Å². The first kappa shape index (κ1) is 18.0. The van der Waals surface area contributed by atoms with Crippen molar-refractivity contribution in [3.63, 3.8) is 0 Å². The van der Waals surface area contributed by atoms with Crippen LogP contribution in [0.3, 0.4) is 0 Å².